The van der Waals surface area contributed by atoms with Crippen LogP contribution in [0.4, 0.5) is 17.1 Å². The average Bonchev–Trinajstić information content (AvgIpc) is 3.71. The normalized spacial score (nSPS) is 15.0. The van der Waals surface area contributed by atoms with E-state index in [1.165, 1.54) is 88.1 Å². The second-order valence-electron chi connectivity index (χ2n) is 13.4. The summed E-state index contributed by atoms with van der Waals surface area (Å²) in [7, 11) is 0. The van der Waals surface area contributed by atoms with E-state index in [-0.39, 0.29) is 30.0 Å². The van der Waals surface area contributed by atoms with Gasteiger partial charge in [0.1, 0.15) is 5.75 Å². The lowest BCUT2D eigenvalue weighted by Crippen LogP contribution is -2.36. The van der Waals surface area contributed by atoms with Crippen molar-refractivity contribution in [2.45, 2.75) is 92.8 Å². The molecule has 3 heterocycles. The summed E-state index contributed by atoms with van der Waals surface area (Å²) in [6.45, 7) is 23.3. The standard InChI is InChI=1S/C8H17N.C7H7NO2.C7H15NO.C7H9N.C6H5NO3.C6H12O2.C2H6O/c1-2-6-9-7-4-3-5-8-9;1-6-3-2-4-7(5-6)8(9)10;1-2-3-8-4-6-9-7-5-8;1-6-3-2-4-7(8)5-6;8-6-3-1-2-5(4-6)7(9)10;1-2-3-6-7-4-5-8-6;1-2-3/h2-8H2,1H3;2-5H,1H3;2-7H2,1H3;2-5H,8H2,1H3;1-4,8H;6H,2-5H2,1H3;3H,2H2,1H3. The molecular weight excluding hydrogens is 730 g/mol. The summed E-state index contributed by atoms with van der Waals surface area (Å²) in [4.78, 5) is 24.3. The highest BCUT2D eigenvalue weighted by molar-refractivity contribution is 5.40. The van der Waals surface area contributed by atoms with Gasteiger partial charge in [-0.25, -0.2) is 0 Å². The van der Waals surface area contributed by atoms with Crippen molar-refractivity contribution in [3.05, 3.63) is 104 Å². The highest BCUT2D eigenvalue weighted by Crippen LogP contribution is 2.17. The number of hydrogen-bond donors (Lipinski definition) is 3. The number of aliphatic hydroxyl groups excluding tert-OH is 1. The Balaban J connectivity index is 0.000000652. The zero-order chi connectivity index (χ0) is 42.7. The largest absolute Gasteiger partial charge is 0.508 e. The van der Waals surface area contributed by atoms with E-state index < -0.39 is 9.85 Å². The number of morpholine rings is 1. The van der Waals surface area contributed by atoms with Crippen LogP contribution in [0.5, 0.6) is 5.75 Å². The quantitative estimate of drug-likeness (QED) is 0.112. The second kappa shape index (κ2) is 35.0. The van der Waals surface area contributed by atoms with Gasteiger partial charge in [-0.2, -0.15) is 0 Å². The number of nitrogen functional groups attached to an aromatic ring is 1. The van der Waals surface area contributed by atoms with E-state index in [1.807, 2.05) is 44.2 Å². The van der Waals surface area contributed by atoms with Gasteiger partial charge in [-0.05, 0) is 108 Å². The van der Waals surface area contributed by atoms with Crippen LogP contribution in [0.3, 0.4) is 0 Å². The number of nitro benzene ring substituents is 2. The van der Waals surface area contributed by atoms with Crippen molar-refractivity contribution < 1.29 is 34.3 Å². The van der Waals surface area contributed by atoms with Crippen molar-refractivity contribution in [2.24, 2.45) is 0 Å². The van der Waals surface area contributed by atoms with Crippen LogP contribution in [0.1, 0.15) is 83.8 Å². The molecule has 6 rings (SSSR count). The molecule has 3 aromatic carbocycles. The highest BCUT2D eigenvalue weighted by Gasteiger charge is 2.13. The van der Waals surface area contributed by atoms with Crippen LogP contribution < -0.4 is 5.73 Å². The number of nitrogens with zero attached hydrogens (tertiary/aromatic N) is 4. The number of ether oxygens (including phenoxy) is 3. The lowest BCUT2D eigenvalue weighted by Gasteiger charge is -2.25. The predicted octanol–water partition coefficient (Wildman–Crippen LogP) is 8.55. The lowest BCUT2D eigenvalue weighted by molar-refractivity contribution is -0.385. The minimum atomic E-state index is -0.556. The van der Waals surface area contributed by atoms with Crippen LogP contribution in [0.25, 0.3) is 0 Å². The summed E-state index contributed by atoms with van der Waals surface area (Å²) in [6, 6.07) is 19.5. The molecule has 3 aromatic rings. The minimum Gasteiger partial charge on any atom is -0.508 e. The summed E-state index contributed by atoms with van der Waals surface area (Å²) in [6.07, 6.45) is 9.20. The number of phenolic OH excluding ortho intramolecular Hbond substituents is 1. The first-order valence-electron chi connectivity index (χ1n) is 20.2. The van der Waals surface area contributed by atoms with E-state index in [1.54, 1.807) is 19.1 Å². The van der Waals surface area contributed by atoms with Gasteiger partial charge in [0, 0.05) is 43.6 Å². The number of nitro groups is 2. The van der Waals surface area contributed by atoms with Crippen LogP contribution in [0, 0.1) is 34.1 Å². The molecule has 0 saturated carbocycles. The number of aryl methyl sites for hydroxylation is 2. The molecule has 0 aromatic heterocycles. The van der Waals surface area contributed by atoms with E-state index in [0.29, 0.717) is 0 Å². The maximum absolute atomic E-state index is 10.2. The van der Waals surface area contributed by atoms with Gasteiger partial charge in [0.15, 0.2) is 6.29 Å². The van der Waals surface area contributed by atoms with Crippen LogP contribution >= 0.6 is 0 Å². The van der Waals surface area contributed by atoms with Gasteiger partial charge in [0.05, 0.1) is 42.3 Å². The van der Waals surface area contributed by atoms with Gasteiger partial charge in [-0.1, -0.05) is 63.9 Å². The zero-order valence-corrected chi connectivity index (χ0v) is 35.4. The predicted molar refractivity (Wildman–Crippen MR) is 230 cm³/mol. The summed E-state index contributed by atoms with van der Waals surface area (Å²) in [5.74, 6) is -0.0887. The molecule has 0 spiro atoms. The Hall–Kier alpha value is -4.18. The molecule has 0 atom stereocenters. The van der Waals surface area contributed by atoms with Crippen LogP contribution in [0.15, 0.2) is 72.8 Å². The van der Waals surface area contributed by atoms with Gasteiger partial charge in [-0.3, -0.25) is 25.1 Å². The molecule has 57 heavy (non-hydrogen) atoms. The van der Waals surface area contributed by atoms with Crippen molar-refractivity contribution in [1.82, 2.24) is 9.80 Å². The fourth-order valence-corrected chi connectivity index (χ4v) is 5.47. The third-order valence-electron chi connectivity index (χ3n) is 8.14. The van der Waals surface area contributed by atoms with Gasteiger partial charge in [0.25, 0.3) is 11.4 Å². The van der Waals surface area contributed by atoms with E-state index in [2.05, 4.69) is 30.6 Å². The molecule has 14 heteroatoms. The third-order valence-corrected chi connectivity index (χ3v) is 8.14. The maximum Gasteiger partial charge on any atom is 0.273 e. The number of non-ortho nitro benzene ring substituents is 2. The van der Waals surface area contributed by atoms with Crippen LogP contribution in [0.2, 0.25) is 0 Å². The number of anilines is 1. The monoisotopic (exact) mass is 802 g/mol. The van der Waals surface area contributed by atoms with Crippen LogP contribution in [-0.4, -0.2) is 108 Å². The Morgan fingerprint density at radius 1 is 0.684 bits per heavy atom. The fraction of sp³-hybridized carbons (Fsp3) is 0.581. The molecule has 322 valence electrons. The number of piperidine rings is 1. The van der Waals surface area contributed by atoms with Crippen LogP contribution in [-0.2, 0) is 14.2 Å². The third kappa shape index (κ3) is 29.7. The summed E-state index contributed by atoms with van der Waals surface area (Å²) in [5, 5.41) is 36.5. The highest BCUT2D eigenvalue weighted by atomic mass is 16.7. The molecule has 3 aliphatic heterocycles. The van der Waals surface area contributed by atoms with E-state index in [9.17, 15) is 20.2 Å². The SMILES string of the molecule is CCCC1OCCO1.CCCN1CCCCC1.CCCN1CCOCC1.CCO.Cc1cccc(N)c1.Cc1cccc([N+](=O)[O-])c1.O=[N+]([O-])c1cccc(O)c1. The second-order valence-corrected chi connectivity index (χ2v) is 13.4. The molecule has 0 bridgehead atoms. The molecule has 3 fully saturated rings. The molecule has 0 aliphatic carbocycles. The van der Waals surface area contributed by atoms with Gasteiger partial charge in [0.2, 0.25) is 0 Å². The van der Waals surface area contributed by atoms with Crippen molar-refractivity contribution in [2.75, 3.05) is 78.0 Å². The zero-order valence-electron chi connectivity index (χ0n) is 35.4. The Kier molecular flexibility index (Phi) is 32.5. The Morgan fingerprint density at radius 2 is 1.16 bits per heavy atom. The molecule has 0 unspecified atom stereocenters. The number of nitrogens with two attached hydrogens (primary N) is 1. The Bertz CT molecular complexity index is 1330. The molecular formula is C43H71N5O9. The van der Waals surface area contributed by atoms with Gasteiger partial charge >= 0.3 is 0 Å². The minimum absolute atomic E-state index is 0.0887. The van der Waals surface area contributed by atoms with Crippen molar-refractivity contribution in [3.8, 4) is 5.75 Å². The molecule has 4 N–H and O–H groups in total. The Labute approximate surface area is 341 Å². The number of hydrogen-bond acceptors (Lipinski definition) is 12. The fourth-order valence-electron chi connectivity index (χ4n) is 5.47. The number of likely N-dealkylation sites (tertiary alicyclic amines) is 1. The Morgan fingerprint density at radius 3 is 1.54 bits per heavy atom. The first kappa shape index (κ1) is 52.8. The van der Waals surface area contributed by atoms with E-state index in [0.717, 1.165) is 69.7 Å². The lowest BCUT2D eigenvalue weighted by atomic mass is 10.1. The molecule has 0 amide bonds. The summed E-state index contributed by atoms with van der Waals surface area (Å²) >= 11 is 0. The van der Waals surface area contributed by atoms with Crippen molar-refractivity contribution in [3.63, 3.8) is 0 Å². The van der Waals surface area contributed by atoms with Gasteiger partial charge < -0.3 is 35.1 Å². The van der Waals surface area contributed by atoms with Crippen molar-refractivity contribution in [1.29, 1.82) is 0 Å². The molecule has 14 nitrogen and oxygen atoms in total. The smallest absolute Gasteiger partial charge is 0.273 e. The molecule has 0 radical (unpaired) electrons. The molecule has 3 aliphatic rings. The first-order valence-corrected chi connectivity index (χ1v) is 20.2. The number of aromatic hydroxyl groups is 1. The summed E-state index contributed by atoms with van der Waals surface area (Å²) in [5.41, 5.74) is 8.48. The average molecular weight is 802 g/mol. The number of phenols is 1. The van der Waals surface area contributed by atoms with E-state index in [4.69, 9.17) is 30.2 Å². The number of aliphatic hydroxyl groups is 1. The maximum atomic E-state index is 10.2. The summed E-state index contributed by atoms with van der Waals surface area (Å²) < 4.78 is 15.5. The van der Waals surface area contributed by atoms with Crippen molar-refractivity contribution >= 4 is 17.1 Å². The molecule has 3 saturated heterocycles. The van der Waals surface area contributed by atoms with Gasteiger partial charge in [-0.15, -0.1) is 0 Å². The number of benzene rings is 3. The topological polar surface area (TPSA) is 187 Å². The first-order chi connectivity index (χ1) is 27.4. The van der Waals surface area contributed by atoms with E-state index >= 15 is 0 Å². The number of rotatable bonds is 8.